The van der Waals surface area contributed by atoms with Crippen molar-refractivity contribution in [1.29, 1.82) is 0 Å². The Kier molecular flexibility index (Phi) is 4.57. The Labute approximate surface area is 133 Å². The number of phenols is 1. The van der Waals surface area contributed by atoms with Gasteiger partial charge in [-0.1, -0.05) is 17.7 Å². The summed E-state index contributed by atoms with van der Waals surface area (Å²) in [7, 11) is 0. The van der Waals surface area contributed by atoms with E-state index in [0.29, 0.717) is 15.1 Å². The first-order valence-corrected chi connectivity index (χ1v) is 7.47. The van der Waals surface area contributed by atoms with Crippen molar-refractivity contribution in [1.82, 2.24) is 4.90 Å². The van der Waals surface area contributed by atoms with Crippen LogP contribution in [0.1, 0.15) is 5.56 Å². The first-order valence-electron chi connectivity index (χ1n) is 5.48. The molecular weight excluding hydrogens is 366 g/mol. The van der Waals surface area contributed by atoms with Crippen LogP contribution in [0.15, 0.2) is 34.2 Å². The number of rotatable bonds is 3. The maximum Gasteiger partial charge on any atom is 0.293 e. The molecule has 104 valence electrons. The number of imide groups is 1. The Morgan fingerprint density at radius 1 is 1.45 bits per heavy atom. The van der Waals surface area contributed by atoms with Crippen LogP contribution in [0.25, 0.3) is 6.08 Å². The van der Waals surface area contributed by atoms with Crippen LogP contribution in [-0.4, -0.2) is 27.7 Å². The number of carbonyl (C=O) groups is 2. The summed E-state index contributed by atoms with van der Waals surface area (Å²) >= 11 is 9.88. The van der Waals surface area contributed by atoms with Gasteiger partial charge in [-0.25, -0.2) is 0 Å². The number of phenolic OH excluding ortho intramolecular Hbond substituents is 1. The Morgan fingerprint density at radius 3 is 2.80 bits per heavy atom. The van der Waals surface area contributed by atoms with Crippen molar-refractivity contribution in [2.45, 2.75) is 0 Å². The number of carbonyl (C=O) groups excluding carboxylic acids is 2. The highest BCUT2D eigenvalue weighted by Crippen LogP contribution is 2.37. The van der Waals surface area contributed by atoms with Crippen LogP contribution >= 0.6 is 39.3 Å². The molecule has 1 aliphatic heterocycles. The van der Waals surface area contributed by atoms with Gasteiger partial charge in [0.15, 0.2) is 0 Å². The van der Waals surface area contributed by atoms with Gasteiger partial charge in [-0.05, 0) is 45.9 Å². The zero-order chi connectivity index (χ0) is 14.9. The van der Waals surface area contributed by atoms with E-state index in [9.17, 15) is 14.7 Å². The van der Waals surface area contributed by atoms with Crippen LogP contribution in [-0.2, 0) is 4.79 Å². The van der Waals surface area contributed by atoms with Gasteiger partial charge in [-0.3, -0.25) is 14.5 Å². The summed E-state index contributed by atoms with van der Waals surface area (Å²) in [4.78, 5) is 25.0. The molecule has 1 aliphatic rings. The number of nitrogens with zero attached hydrogens (tertiary/aromatic N) is 1. The summed E-state index contributed by atoms with van der Waals surface area (Å²) in [5.41, 5.74) is 0.369. The van der Waals surface area contributed by atoms with Crippen molar-refractivity contribution in [2.75, 3.05) is 6.54 Å². The normalized spacial score (nSPS) is 17.1. The van der Waals surface area contributed by atoms with Crippen molar-refractivity contribution >= 4 is 56.5 Å². The number of hydrogen-bond acceptors (Lipinski definition) is 4. The highest BCUT2D eigenvalue weighted by atomic mass is 79.9. The highest BCUT2D eigenvalue weighted by Gasteiger charge is 2.34. The molecule has 0 atom stereocenters. The van der Waals surface area contributed by atoms with E-state index in [1.807, 2.05) is 0 Å². The first kappa shape index (κ1) is 15.2. The van der Waals surface area contributed by atoms with Gasteiger partial charge < -0.3 is 5.11 Å². The molecular formula is C13H9BrClNO3S. The third-order valence-electron chi connectivity index (χ3n) is 2.53. The summed E-state index contributed by atoms with van der Waals surface area (Å²) in [6.07, 6.45) is 2.92. The minimum Gasteiger partial charge on any atom is -0.506 e. The van der Waals surface area contributed by atoms with Crippen LogP contribution in [0.4, 0.5) is 4.79 Å². The molecule has 2 rings (SSSR count). The van der Waals surface area contributed by atoms with Crippen molar-refractivity contribution in [2.24, 2.45) is 0 Å². The standard InChI is InChI=1S/C13H9BrClNO3S/c1-2-3-16-12(18)10(20-13(16)19)5-7-4-8(15)6-9(14)11(7)17/h2,4-6,17H,1,3H2/b10-5-. The molecule has 20 heavy (non-hydrogen) atoms. The van der Waals surface area contributed by atoms with Gasteiger partial charge >= 0.3 is 0 Å². The van der Waals surface area contributed by atoms with Crippen LogP contribution in [0.5, 0.6) is 5.75 Å². The van der Waals surface area contributed by atoms with Crippen molar-refractivity contribution < 1.29 is 14.7 Å². The maximum atomic E-state index is 12.0. The molecule has 1 heterocycles. The van der Waals surface area contributed by atoms with Gasteiger partial charge in [0, 0.05) is 17.1 Å². The molecule has 7 heteroatoms. The molecule has 0 aliphatic carbocycles. The van der Waals surface area contributed by atoms with Gasteiger partial charge in [-0.15, -0.1) is 6.58 Å². The molecule has 2 amide bonds. The lowest BCUT2D eigenvalue weighted by molar-refractivity contribution is -0.122. The van der Waals surface area contributed by atoms with Crippen molar-refractivity contribution in [3.63, 3.8) is 0 Å². The second kappa shape index (κ2) is 6.03. The lowest BCUT2D eigenvalue weighted by atomic mass is 10.2. The number of benzene rings is 1. The molecule has 0 saturated carbocycles. The van der Waals surface area contributed by atoms with E-state index >= 15 is 0 Å². The second-order valence-electron chi connectivity index (χ2n) is 3.91. The predicted octanol–water partition coefficient (Wildman–Crippen LogP) is 4.03. The summed E-state index contributed by atoms with van der Waals surface area (Å²) in [5.74, 6) is -0.444. The molecule has 1 aromatic rings. The highest BCUT2D eigenvalue weighted by molar-refractivity contribution is 9.10. The SMILES string of the molecule is C=CCN1C(=O)S/C(=C\c2cc(Cl)cc(Br)c2O)C1=O. The number of amides is 2. The molecule has 0 radical (unpaired) electrons. The summed E-state index contributed by atoms with van der Waals surface area (Å²) < 4.78 is 0.418. The number of aromatic hydroxyl groups is 1. The fraction of sp³-hybridized carbons (Fsp3) is 0.0769. The van der Waals surface area contributed by atoms with E-state index < -0.39 is 5.91 Å². The number of hydrogen-bond donors (Lipinski definition) is 1. The summed E-state index contributed by atoms with van der Waals surface area (Å²) in [5, 5.41) is 9.97. The van der Waals surface area contributed by atoms with Crippen LogP contribution < -0.4 is 0 Å². The van der Waals surface area contributed by atoms with Gasteiger partial charge in [0.2, 0.25) is 0 Å². The first-order chi connectivity index (χ1) is 9.43. The monoisotopic (exact) mass is 373 g/mol. The Balaban J connectivity index is 2.40. The third-order valence-corrected chi connectivity index (χ3v) is 4.26. The molecule has 0 bridgehead atoms. The molecule has 1 saturated heterocycles. The number of thioether (sulfide) groups is 1. The third kappa shape index (κ3) is 2.92. The molecule has 1 aromatic carbocycles. The Bertz CT molecular complexity index is 645. The van der Waals surface area contributed by atoms with E-state index in [0.717, 1.165) is 16.7 Å². The van der Waals surface area contributed by atoms with Gasteiger partial charge in [0.05, 0.1) is 9.38 Å². The zero-order valence-electron chi connectivity index (χ0n) is 10.1. The van der Waals surface area contributed by atoms with Crippen LogP contribution in [0, 0.1) is 0 Å². The van der Waals surface area contributed by atoms with Gasteiger partial charge in [-0.2, -0.15) is 0 Å². The zero-order valence-corrected chi connectivity index (χ0v) is 13.3. The van der Waals surface area contributed by atoms with E-state index in [1.54, 1.807) is 0 Å². The molecule has 0 aromatic heterocycles. The average molecular weight is 375 g/mol. The Morgan fingerprint density at radius 2 is 2.15 bits per heavy atom. The molecule has 4 nitrogen and oxygen atoms in total. The van der Waals surface area contributed by atoms with E-state index in [-0.39, 0.29) is 22.4 Å². The molecule has 0 unspecified atom stereocenters. The molecule has 0 spiro atoms. The van der Waals surface area contributed by atoms with E-state index in [2.05, 4.69) is 22.5 Å². The van der Waals surface area contributed by atoms with E-state index in [1.165, 1.54) is 24.3 Å². The van der Waals surface area contributed by atoms with Crippen LogP contribution in [0.3, 0.4) is 0 Å². The fourth-order valence-corrected chi connectivity index (χ4v) is 3.30. The number of halogens is 2. The molecule has 1 fully saturated rings. The molecule has 1 N–H and O–H groups in total. The Hall–Kier alpha value is -1.24. The summed E-state index contributed by atoms with van der Waals surface area (Å²) in [6, 6.07) is 3.06. The smallest absolute Gasteiger partial charge is 0.293 e. The quantitative estimate of drug-likeness (QED) is 0.641. The van der Waals surface area contributed by atoms with Crippen LogP contribution in [0.2, 0.25) is 5.02 Å². The fourth-order valence-electron chi connectivity index (χ4n) is 1.62. The largest absolute Gasteiger partial charge is 0.506 e. The lowest BCUT2D eigenvalue weighted by Gasteiger charge is -2.08. The van der Waals surface area contributed by atoms with Crippen molar-refractivity contribution in [3.05, 3.63) is 44.8 Å². The topological polar surface area (TPSA) is 57.6 Å². The van der Waals surface area contributed by atoms with E-state index in [4.69, 9.17) is 11.6 Å². The summed E-state index contributed by atoms with van der Waals surface area (Å²) in [6.45, 7) is 3.66. The second-order valence-corrected chi connectivity index (χ2v) is 6.19. The minimum atomic E-state index is -0.407. The predicted molar refractivity (Wildman–Crippen MR) is 83.7 cm³/mol. The van der Waals surface area contributed by atoms with Gasteiger partial charge in [0.1, 0.15) is 5.75 Å². The maximum absolute atomic E-state index is 12.0. The van der Waals surface area contributed by atoms with Crippen molar-refractivity contribution in [3.8, 4) is 5.75 Å². The lowest BCUT2D eigenvalue weighted by Crippen LogP contribution is -2.27. The average Bonchev–Trinajstić information content (AvgIpc) is 2.63. The van der Waals surface area contributed by atoms with Gasteiger partial charge in [0.25, 0.3) is 11.1 Å². The minimum absolute atomic E-state index is 0.0371.